The van der Waals surface area contributed by atoms with Crippen molar-refractivity contribution < 1.29 is 4.79 Å². The van der Waals surface area contributed by atoms with Gasteiger partial charge in [-0.3, -0.25) is 14.7 Å². The number of nitrogens with zero attached hydrogens (tertiary/aromatic N) is 2. The average molecular weight is 368 g/mol. The zero-order chi connectivity index (χ0) is 17.9. The summed E-state index contributed by atoms with van der Waals surface area (Å²) in [6.07, 6.45) is 10.7. The smallest absolute Gasteiger partial charge is 0.244 e. The van der Waals surface area contributed by atoms with Gasteiger partial charge in [0.1, 0.15) is 0 Å². The van der Waals surface area contributed by atoms with E-state index in [-0.39, 0.29) is 11.9 Å². The van der Waals surface area contributed by atoms with Gasteiger partial charge < -0.3 is 5.32 Å². The summed E-state index contributed by atoms with van der Waals surface area (Å²) in [5.74, 6) is 0.606. The number of thiophene rings is 1. The molecule has 136 valence electrons. The molecule has 1 amide bonds. The predicted molar refractivity (Wildman–Crippen MR) is 106 cm³/mol. The fraction of sp³-hybridized carbons (Fsp3) is 0.429. The van der Waals surface area contributed by atoms with E-state index < -0.39 is 0 Å². The molecule has 0 saturated carbocycles. The van der Waals surface area contributed by atoms with Crippen molar-refractivity contribution in [2.45, 2.75) is 38.3 Å². The van der Waals surface area contributed by atoms with Crippen molar-refractivity contribution in [1.82, 2.24) is 15.2 Å². The number of nitrogens with one attached hydrogen (secondary N) is 1. The molecule has 1 N–H and O–H groups in total. The van der Waals surface area contributed by atoms with Crippen LogP contribution in [0.3, 0.4) is 0 Å². The molecule has 0 radical (unpaired) electrons. The fourth-order valence-electron chi connectivity index (χ4n) is 4.29. The van der Waals surface area contributed by atoms with E-state index in [2.05, 4.69) is 39.6 Å². The van der Waals surface area contributed by atoms with Crippen LogP contribution in [0.2, 0.25) is 0 Å². The Morgan fingerprint density at radius 2 is 2.27 bits per heavy atom. The molecule has 2 aromatic rings. The lowest BCUT2D eigenvalue weighted by Gasteiger charge is -2.51. The molecule has 26 heavy (non-hydrogen) atoms. The summed E-state index contributed by atoms with van der Waals surface area (Å²) >= 11 is 1.67. The Bertz CT molecular complexity index is 778. The largest absolute Gasteiger partial charge is 0.348 e. The number of piperidine rings is 3. The number of rotatable bonds is 5. The topological polar surface area (TPSA) is 45.2 Å². The maximum atomic E-state index is 12.5. The molecule has 2 aromatic heterocycles. The average Bonchev–Trinajstić information content (AvgIpc) is 3.09. The van der Waals surface area contributed by atoms with Crippen LogP contribution in [0.15, 0.2) is 42.0 Å². The van der Waals surface area contributed by atoms with Gasteiger partial charge in [-0.1, -0.05) is 6.07 Å². The highest BCUT2D eigenvalue weighted by molar-refractivity contribution is 7.11. The number of pyridine rings is 1. The van der Waals surface area contributed by atoms with E-state index in [0.717, 1.165) is 24.4 Å². The standard InChI is InChI=1S/C21H25N3OS/c1-15-11-18(26-14-15)4-5-20(25)23-21-17-6-9-24(10-7-17)19(21)12-16-3-2-8-22-13-16/h2-5,8,11,13-14,17,19,21H,6-7,9-10,12H2,1H3,(H,23,25). The van der Waals surface area contributed by atoms with Crippen LogP contribution in [-0.4, -0.2) is 41.0 Å². The second-order valence-corrected chi connectivity index (χ2v) is 8.34. The number of carbonyl (C=O) groups is 1. The third-order valence-electron chi connectivity index (χ3n) is 5.59. The molecule has 3 aliphatic rings. The lowest BCUT2D eigenvalue weighted by atomic mass is 9.77. The van der Waals surface area contributed by atoms with Crippen LogP contribution < -0.4 is 5.32 Å². The van der Waals surface area contributed by atoms with Gasteiger partial charge in [0.2, 0.25) is 5.91 Å². The number of amides is 1. The first-order chi connectivity index (χ1) is 12.7. The van der Waals surface area contributed by atoms with Crippen molar-refractivity contribution >= 4 is 23.3 Å². The van der Waals surface area contributed by atoms with Gasteiger partial charge in [-0.25, -0.2) is 0 Å². The lowest BCUT2D eigenvalue weighted by molar-refractivity contribution is -0.119. The van der Waals surface area contributed by atoms with Crippen molar-refractivity contribution in [3.8, 4) is 0 Å². The van der Waals surface area contributed by atoms with Gasteiger partial charge in [-0.2, -0.15) is 0 Å². The van der Waals surface area contributed by atoms with Crippen LogP contribution in [0, 0.1) is 12.8 Å². The predicted octanol–water partition coefficient (Wildman–Crippen LogP) is 3.29. The number of aryl methyl sites for hydroxylation is 1. The Morgan fingerprint density at radius 3 is 2.96 bits per heavy atom. The zero-order valence-electron chi connectivity index (χ0n) is 15.1. The van der Waals surface area contributed by atoms with Crippen LogP contribution >= 0.6 is 11.3 Å². The van der Waals surface area contributed by atoms with Gasteiger partial charge in [-0.15, -0.1) is 11.3 Å². The van der Waals surface area contributed by atoms with E-state index >= 15 is 0 Å². The van der Waals surface area contributed by atoms with E-state index in [1.165, 1.54) is 24.0 Å². The summed E-state index contributed by atoms with van der Waals surface area (Å²) in [7, 11) is 0. The van der Waals surface area contributed by atoms with E-state index in [0.29, 0.717) is 12.0 Å². The van der Waals surface area contributed by atoms with E-state index in [4.69, 9.17) is 0 Å². The molecule has 3 fully saturated rings. The van der Waals surface area contributed by atoms with Gasteiger partial charge in [-0.05, 0) is 79.9 Å². The summed E-state index contributed by atoms with van der Waals surface area (Å²) in [6, 6.07) is 6.82. The SMILES string of the molecule is Cc1csc(C=CC(=O)NC2C3CCN(CC3)C2Cc2cccnc2)c1. The van der Waals surface area contributed by atoms with Crippen molar-refractivity contribution in [3.63, 3.8) is 0 Å². The van der Waals surface area contributed by atoms with E-state index in [1.807, 2.05) is 24.5 Å². The minimum Gasteiger partial charge on any atom is -0.348 e. The van der Waals surface area contributed by atoms with Crippen LogP contribution in [0.25, 0.3) is 6.08 Å². The molecular weight excluding hydrogens is 342 g/mol. The third-order valence-corrected chi connectivity index (χ3v) is 6.61. The third kappa shape index (κ3) is 3.89. The first kappa shape index (κ1) is 17.4. The second-order valence-electron chi connectivity index (χ2n) is 7.40. The van der Waals surface area contributed by atoms with Crippen molar-refractivity contribution in [2.75, 3.05) is 13.1 Å². The number of aromatic nitrogens is 1. The number of carbonyl (C=O) groups excluding carboxylic acids is 1. The Morgan fingerprint density at radius 1 is 1.42 bits per heavy atom. The van der Waals surface area contributed by atoms with Gasteiger partial charge in [0, 0.05) is 35.4 Å². The van der Waals surface area contributed by atoms with Gasteiger partial charge in [0.15, 0.2) is 0 Å². The highest BCUT2D eigenvalue weighted by Gasteiger charge is 2.42. The minimum absolute atomic E-state index is 0.0194. The molecule has 2 atom stereocenters. The molecule has 4 nitrogen and oxygen atoms in total. The molecular formula is C21H25N3OS. The molecule has 0 aliphatic carbocycles. The summed E-state index contributed by atoms with van der Waals surface area (Å²) in [4.78, 5) is 20.5. The minimum atomic E-state index is 0.0194. The van der Waals surface area contributed by atoms with Crippen LogP contribution in [0.1, 0.15) is 28.8 Å². The van der Waals surface area contributed by atoms with Gasteiger partial charge in [0.25, 0.3) is 0 Å². The molecule has 3 aliphatic heterocycles. The van der Waals surface area contributed by atoms with Gasteiger partial charge >= 0.3 is 0 Å². The lowest BCUT2D eigenvalue weighted by Crippen LogP contribution is -2.64. The number of hydrogen-bond acceptors (Lipinski definition) is 4. The summed E-state index contributed by atoms with van der Waals surface area (Å²) < 4.78 is 0. The van der Waals surface area contributed by atoms with Crippen LogP contribution in [0.5, 0.6) is 0 Å². The Balaban J connectivity index is 1.45. The monoisotopic (exact) mass is 367 g/mol. The zero-order valence-corrected chi connectivity index (χ0v) is 15.9. The maximum Gasteiger partial charge on any atom is 0.244 e. The first-order valence-electron chi connectivity index (χ1n) is 9.36. The highest BCUT2D eigenvalue weighted by Crippen LogP contribution is 2.34. The van der Waals surface area contributed by atoms with Gasteiger partial charge in [0.05, 0.1) is 0 Å². The molecule has 5 rings (SSSR count). The molecule has 2 unspecified atom stereocenters. The summed E-state index contributed by atoms with van der Waals surface area (Å²) in [5, 5.41) is 5.42. The molecule has 0 spiro atoms. The molecule has 0 aromatic carbocycles. The fourth-order valence-corrected chi connectivity index (χ4v) is 5.08. The second kappa shape index (κ2) is 7.72. The maximum absolute atomic E-state index is 12.5. The summed E-state index contributed by atoms with van der Waals surface area (Å²) in [6.45, 7) is 4.36. The molecule has 3 saturated heterocycles. The van der Waals surface area contributed by atoms with E-state index in [9.17, 15) is 4.79 Å². The van der Waals surface area contributed by atoms with Crippen LogP contribution in [0.4, 0.5) is 0 Å². The Hall–Kier alpha value is -1.98. The van der Waals surface area contributed by atoms with E-state index in [1.54, 1.807) is 17.4 Å². The quantitative estimate of drug-likeness (QED) is 0.825. The van der Waals surface area contributed by atoms with Crippen molar-refractivity contribution in [2.24, 2.45) is 5.92 Å². The molecule has 5 heterocycles. The first-order valence-corrected chi connectivity index (χ1v) is 10.2. The van der Waals surface area contributed by atoms with Crippen LogP contribution in [-0.2, 0) is 11.2 Å². The Kier molecular flexibility index (Phi) is 5.18. The summed E-state index contributed by atoms with van der Waals surface area (Å²) in [5.41, 5.74) is 2.48. The Labute approximate surface area is 158 Å². The van der Waals surface area contributed by atoms with Crippen molar-refractivity contribution in [3.05, 3.63) is 58.1 Å². The normalized spacial score (nSPS) is 27.7. The molecule has 2 bridgehead atoms. The highest BCUT2D eigenvalue weighted by atomic mass is 32.1. The number of hydrogen-bond donors (Lipinski definition) is 1. The number of fused-ring (bicyclic) bond motifs is 3. The molecule has 5 heteroatoms. The van der Waals surface area contributed by atoms with Crippen molar-refractivity contribution in [1.29, 1.82) is 0 Å².